The van der Waals surface area contributed by atoms with E-state index in [1.807, 2.05) is 11.8 Å². The highest BCUT2D eigenvalue weighted by Gasteiger charge is 2.29. The Balaban J connectivity index is 1.90. The van der Waals surface area contributed by atoms with Crippen LogP contribution in [0.2, 0.25) is 0 Å². The summed E-state index contributed by atoms with van der Waals surface area (Å²) in [7, 11) is 0. The third kappa shape index (κ3) is 2.74. The molecule has 1 saturated heterocycles. The van der Waals surface area contributed by atoms with Gasteiger partial charge in [-0.3, -0.25) is 11.3 Å². The number of nitrogens with one attached hydrogen (secondary N) is 1. The quantitative estimate of drug-likeness (QED) is 0.651. The highest BCUT2D eigenvalue weighted by Crippen LogP contribution is 2.35. The lowest BCUT2D eigenvalue weighted by atomic mass is 9.96. The van der Waals surface area contributed by atoms with Crippen molar-refractivity contribution in [3.8, 4) is 5.75 Å². The third-order valence-electron chi connectivity index (χ3n) is 3.69. The van der Waals surface area contributed by atoms with Crippen LogP contribution in [-0.4, -0.2) is 30.8 Å². The molecule has 1 fully saturated rings. The van der Waals surface area contributed by atoms with Gasteiger partial charge in [0.2, 0.25) is 0 Å². The van der Waals surface area contributed by atoms with E-state index < -0.39 is 0 Å². The number of rotatable bonds is 3. The molecular weight excluding hydrogens is 260 g/mol. The van der Waals surface area contributed by atoms with E-state index in [9.17, 15) is 0 Å². The minimum atomic E-state index is 0.000787. The van der Waals surface area contributed by atoms with Gasteiger partial charge in [0.25, 0.3) is 0 Å². The molecular formula is C14H20N2O2S. The standard InChI is InChI=1S/C14H20N2O2S/c15-16-13(12-9-19-8-7-17-12)11-5-1-3-10-4-2-6-18-14(10)11/h1,3,5,12-13,16H,2,4,6-9,15H2. The number of hydrazine groups is 1. The Morgan fingerprint density at radius 1 is 1.37 bits per heavy atom. The number of thioether (sulfide) groups is 1. The summed E-state index contributed by atoms with van der Waals surface area (Å²) in [6.45, 7) is 1.59. The van der Waals surface area contributed by atoms with Crippen molar-refractivity contribution in [3.63, 3.8) is 0 Å². The molecule has 0 saturated carbocycles. The lowest BCUT2D eigenvalue weighted by molar-refractivity contribution is 0.0458. The Morgan fingerprint density at radius 3 is 3.11 bits per heavy atom. The zero-order chi connectivity index (χ0) is 13.1. The summed E-state index contributed by atoms with van der Waals surface area (Å²) in [6, 6.07) is 6.32. The SMILES string of the molecule is NNC(c1cccc2c1OCCC2)C1CSCCO1. The number of ether oxygens (including phenoxy) is 2. The van der Waals surface area contributed by atoms with E-state index in [2.05, 4.69) is 23.6 Å². The molecule has 2 atom stereocenters. The summed E-state index contributed by atoms with van der Waals surface area (Å²) < 4.78 is 11.7. The minimum absolute atomic E-state index is 0.000787. The fraction of sp³-hybridized carbons (Fsp3) is 0.571. The van der Waals surface area contributed by atoms with Crippen molar-refractivity contribution in [1.29, 1.82) is 0 Å². The fourth-order valence-electron chi connectivity index (χ4n) is 2.76. The van der Waals surface area contributed by atoms with Crippen molar-refractivity contribution in [3.05, 3.63) is 29.3 Å². The van der Waals surface area contributed by atoms with Crippen LogP contribution in [0.3, 0.4) is 0 Å². The lowest BCUT2D eigenvalue weighted by Gasteiger charge is -2.32. The van der Waals surface area contributed by atoms with Crippen LogP contribution in [0, 0.1) is 0 Å². The van der Waals surface area contributed by atoms with Gasteiger partial charge in [-0.15, -0.1) is 0 Å². The van der Waals surface area contributed by atoms with Gasteiger partial charge in [0.05, 0.1) is 25.4 Å². The zero-order valence-electron chi connectivity index (χ0n) is 10.9. The average molecular weight is 280 g/mol. The molecule has 3 rings (SSSR count). The van der Waals surface area contributed by atoms with Crippen LogP contribution in [0.4, 0.5) is 0 Å². The largest absolute Gasteiger partial charge is 0.493 e. The van der Waals surface area contributed by atoms with Crippen molar-refractivity contribution in [2.24, 2.45) is 5.84 Å². The van der Waals surface area contributed by atoms with Crippen molar-refractivity contribution in [2.75, 3.05) is 24.7 Å². The summed E-state index contributed by atoms with van der Waals surface area (Å²) in [4.78, 5) is 0. The normalized spacial score (nSPS) is 24.4. The van der Waals surface area contributed by atoms with Crippen LogP contribution >= 0.6 is 11.8 Å². The van der Waals surface area contributed by atoms with E-state index in [1.165, 1.54) is 5.56 Å². The third-order valence-corrected chi connectivity index (χ3v) is 4.71. The van der Waals surface area contributed by atoms with Crippen LogP contribution in [0.5, 0.6) is 5.75 Å². The van der Waals surface area contributed by atoms with E-state index in [1.54, 1.807) is 0 Å². The molecule has 1 aromatic carbocycles. The molecule has 2 aliphatic rings. The molecule has 0 bridgehead atoms. The summed E-state index contributed by atoms with van der Waals surface area (Å²) in [5.41, 5.74) is 5.34. The zero-order valence-corrected chi connectivity index (χ0v) is 11.7. The first kappa shape index (κ1) is 13.2. The number of benzene rings is 1. The van der Waals surface area contributed by atoms with Gasteiger partial charge in [0.15, 0.2) is 0 Å². The molecule has 104 valence electrons. The van der Waals surface area contributed by atoms with Gasteiger partial charge in [0.1, 0.15) is 5.75 Å². The van der Waals surface area contributed by atoms with Gasteiger partial charge >= 0.3 is 0 Å². The molecule has 2 unspecified atom stereocenters. The van der Waals surface area contributed by atoms with Gasteiger partial charge in [0, 0.05) is 17.1 Å². The maximum absolute atomic E-state index is 5.87. The Hall–Kier alpha value is -0.750. The van der Waals surface area contributed by atoms with E-state index >= 15 is 0 Å². The van der Waals surface area contributed by atoms with Crippen molar-refractivity contribution in [1.82, 2.24) is 5.43 Å². The van der Waals surface area contributed by atoms with Crippen LogP contribution < -0.4 is 16.0 Å². The maximum Gasteiger partial charge on any atom is 0.127 e. The molecule has 0 aliphatic carbocycles. The molecule has 0 spiro atoms. The highest BCUT2D eigenvalue weighted by molar-refractivity contribution is 7.99. The second-order valence-electron chi connectivity index (χ2n) is 4.92. The first-order chi connectivity index (χ1) is 9.40. The molecule has 5 heteroatoms. The molecule has 0 aromatic heterocycles. The van der Waals surface area contributed by atoms with Crippen LogP contribution in [0.1, 0.15) is 23.6 Å². The van der Waals surface area contributed by atoms with Crippen LogP contribution in [0.15, 0.2) is 18.2 Å². The summed E-state index contributed by atoms with van der Waals surface area (Å²) in [5, 5.41) is 0. The maximum atomic E-state index is 5.87. The van der Waals surface area contributed by atoms with E-state index in [4.69, 9.17) is 15.3 Å². The average Bonchev–Trinajstić information content (AvgIpc) is 2.49. The molecule has 0 amide bonds. The molecule has 3 N–H and O–H groups in total. The van der Waals surface area contributed by atoms with Crippen LogP contribution in [-0.2, 0) is 11.2 Å². The number of hydrogen-bond donors (Lipinski definition) is 2. The summed E-state index contributed by atoms with van der Waals surface area (Å²) >= 11 is 1.92. The van der Waals surface area contributed by atoms with Gasteiger partial charge < -0.3 is 9.47 Å². The summed E-state index contributed by atoms with van der Waals surface area (Å²) in [6.07, 6.45) is 2.29. The van der Waals surface area contributed by atoms with Crippen molar-refractivity contribution >= 4 is 11.8 Å². The van der Waals surface area contributed by atoms with Crippen molar-refractivity contribution in [2.45, 2.75) is 25.0 Å². The first-order valence-electron chi connectivity index (χ1n) is 6.80. The number of hydrogen-bond acceptors (Lipinski definition) is 5. The Morgan fingerprint density at radius 2 is 2.32 bits per heavy atom. The van der Waals surface area contributed by atoms with Crippen molar-refractivity contribution < 1.29 is 9.47 Å². The highest BCUT2D eigenvalue weighted by atomic mass is 32.2. The molecule has 4 nitrogen and oxygen atoms in total. The number of nitrogens with two attached hydrogens (primary N) is 1. The molecule has 1 aromatic rings. The van der Waals surface area contributed by atoms with Gasteiger partial charge in [-0.1, -0.05) is 18.2 Å². The molecule has 0 radical (unpaired) electrons. The Kier molecular flexibility index (Phi) is 4.28. The number of aryl methyl sites for hydroxylation is 1. The monoisotopic (exact) mass is 280 g/mol. The molecule has 19 heavy (non-hydrogen) atoms. The molecule has 2 heterocycles. The second kappa shape index (κ2) is 6.13. The lowest BCUT2D eigenvalue weighted by Crippen LogP contribution is -2.41. The second-order valence-corrected chi connectivity index (χ2v) is 6.07. The van der Waals surface area contributed by atoms with E-state index in [0.717, 1.165) is 48.9 Å². The van der Waals surface area contributed by atoms with Crippen LogP contribution in [0.25, 0.3) is 0 Å². The van der Waals surface area contributed by atoms with E-state index in [-0.39, 0.29) is 12.1 Å². The first-order valence-corrected chi connectivity index (χ1v) is 7.95. The topological polar surface area (TPSA) is 56.5 Å². The summed E-state index contributed by atoms with van der Waals surface area (Å²) in [5.74, 6) is 8.82. The smallest absolute Gasteiger partial charge is 0.127 e. The van der Waals surface area contributed by atoms with E-state index in [0.29, 0.717) is 0 Å². The predicted octanol–water partition coefficient (Wildman–Crippen LogP) is 1.65. The fourth-order valence-corrected chi connectivity index (χ4v) is 3.66. The van der Waals surface area contributed by atoms with Gasteiger partial charge in [-0.05, 0) is 18.4 Å². The van der Waals surface area contributed by atoms with Gasteiger partial charge in [-0.25, -0.2) is 0 Å². The number of para-hydroxylation sites is 1. The molecule has 2 aliphatic heterocycles. The Bertz CT molecular complexity index is 435. The minimum Gasteiger partial charge on any atom is -0.493 e. The Labute approximate surface area is 118 Å². The van der Waals surface area contributed by atoms with Gasteiger partial charge in [-0.2, -0.15) is 11.8 Å². The number of fused-ring (bicyclic) bond motifs is 1. The predicted molar refractivity (Wildman–Crippen MR) is 77.4 cm³/mol.